The number of hydrogen-bond donors (Lipinski definition) is 0. The summed E-state index contributed by atoms with van der Waals surface area (Å²) < 4.78 is 52.0. The van der Waals surface area contributed by atoms with Gasteiger partial charge in [-0.05, 0) is 23.3 Å². The van der Waals surface area contributed by atoms with E-state index in [1.165, 1.54) is 18.2 Å². The van der Waals surface area contributed by atoms with Crippen LogP contribution in [0.1, 0.15) is 11.1 Å². The first-order valence-electron chi connectivity index (χ1n) is 5.61. The molecular weight excluding hydrogens is 272 g/mol. The number of nitrogens with zero attached hydrogens (tertiary/aromatic N) is 2. The first-order chi connectivity index (χ1) is 9.43. The number of nitriles is 1. The standard InChI is InChI=1S/C14H8F4N2/c15-13-7-9(5-6-19)11(8-20-13)10-3-1-2-4-12(10)14(16,17)18/h1-4,7-8H,5H2. The minimum Gasteiger partial charge on any atom is -0.228 e. The van der Waals surface area contributed by atoms with Gasteiger partial charge in [-0.1, -0.05) is 18.2 Å². The summed E-state index contributed by atoms with van der Waals surface area (Å²) in [6.07, 6.45) is -3.71. The molecule has 2 rings (SSSR count). The Morgan fingerprint density at radius 3 is 2.50 bits per heavy atom. The molecule has 1 aromatic carbocycles. The van der Waals surface area contributed by atoms with Crippen molar-refractivity contribution >= 4 is 0 Å². The van der Waals surface area contributed by atoms with Crippen LogP contribution < -0.4 is 0 Å². The molecule has 0 N–H and O–H groups in total. The van der Waals surface area contributed by atoms with Crippen molar-refractivity contribution in [3.63, 3.8) is 0 Å². The molecule has 2 nitrogen and oxygen atoms in total. The second-order valence-electron chi connectivity index (χ2n) is 4.04. The highest BCUT2D eigenvalue weighted by Gasteiger charge is 2.33. The number of alkyl halides is 3. The van der Waals surface area contributed by atoms with E-state index < -0.39 is 17.7 Å². The van der Waals surface area contributed by atoms with Gasteiger partial charge in [-0.3, -0.25) is 0 Å². The van der Waals surface area contributed by atoms with E-state index in [9.17, 15) is 17.6 Å². The van der Waals surface area contributed by atoms with Crippen LogP contribution in [0.25, 0.3) is 11.1 Å². The van der Waals surface area contributed by atoms with E-state index in [-0.39, 0.29) is 23.1 Å². The second kappa shape index (κ2) is 5.29. The van der Waals surface area contributed by atoms with Gasteiger partial charge in [0.2, 0.25) is 5.95 Å². The third kappa shape index (κ3) is 2.77. The molecule has 1 heterocycles. The van der Waals surface area contributed by atoms with Crippen molar-refractivity contribution in [2.24, 2.45) is 0 Å². The zero-order valence-electron chi connectivity index (χ0n) is 10.1. The van der Waals surface area contributed by atoms with Gasteiger partial charge in [0.25, 0.3) is 0 Å². The Labute approximate surface area is 112 Å². The number of aromatic nitrogens is 1. The van der Waals surface area contributed by atoms with Crippen LogP contribution >= 0.6 is 0 Å². The summed E-state index contributed by atoms with van der Waals surface area (Å²) >= 11 is 0. The first-order valence-corrected chi connectivity index (χ1v) is 5.61. The summed E-state index contributed by atoms with van der Waals surface area (Å²) in [5.74, 6) is -0.830. The fourth-order valence-electron chi connectivity index (χ4n) is 1.91. The minimum atomic E-state index is -4.53. The molecule has 0 fully saturated rings. The normalized spacial score (nSPS) is 11.2. The Morgan fingerprint density at radius 2 is 1.85 bits per heavy atom. The highest BCUT2D eigenvalue weighted by atomic mass is 19.4. The molecule has 0 aliphatic carbocycles. The largest absolute Gasteiger partial charge is 0.417 e. The summed E-state index contributed by atoms with van der Waals surface area (Å²) in [5, 5.41) is 8.70. The van der Waals surface area contributed by atoms with Crippen molar-refractivity contribution in [2.75, 3.05) is 0 Å². The summed E-state index contributed by atoms with van der Waals surface area (Å²) in [7, 11) is 0. The fourth-order valence-corrected chi connectivity index (χ4v) is 1.91. The van der Waals surface area contributed by atoms with Crippen LogP contribution in [-0.2, 0) is 12.6 Å². The molecule has 2 aromatic rings. The van der Waals surface area contributed by atoms with Crippen LogP contribution in [0.2, 0.25) is 0 Å². The van der Waals surface area contributed by atoms with Crippen molar-refractivity contribution in [3.8, 4) is 17.2 Å². The van der Waals surface area contributed by atoms with Crippen LogP contribution in [0.3, 0.4) is 0 Å². The summed E-state index contributed by atoms with van der Waals surface area (Å²) in [4.78, 5) is 3.38. The molecule has 0 radical (unpaired) electrons. The van der Waals surface area contributed by atoms with Crippen LogP contribution in [0, 0.1) is 17.3 Å². The van der Waals surface area contributed by atoms with Gasteiger partial charge in [0, 0.05) is 11.8 Å². The zero-order valence-corrected chi connectivity index (χ0v) is 10.1. The number of rotatable bonds is 2. The predicted octanol–water partition coefficient (Wildman–Crippen LogP) is 3.97. The Morgan fingerprint density at radius 1 is 1.15 bits per heavy atom. The van der Waals surface area contributed by atoms with Gasteiger partial charge in [0.05, 0.1) is 18.1 Å². The Bertz CT molecular complexity index is 672. The van der Waals surface area contributed by atoms with E-state index in [0.29, 0.717) is 0 Å². The molecule has 6 heteroatoms. The van der Waals surface area contributed by atoms with Gasteiger partial charge in [-0.2, -0.15) is 22.8 Å². The average Bonchev–Trinajstić information content (AvgIpc) is 2.38. The first kappa shape index (κ1) is 14.0. The van der Waals surface area contributed by atoms with E-state index in [1.54, 1.807) is 6.07 Å². The van der Waals surface area contributed by atoms with E-state index >= 15 is 0 Å². The van der Waals surface area contributed by atoms with E-state index in [4.69, 9.17) is 5.26 Å². The van der Waals surface area contributed by atoms with E-state index in [1.807, 2.05) is 0 Å². The van der Waals surface area contributed by atoms with Crippen LogP contribution in [0.4, 0.5) is 17.6 Å². The SMILES string of the molecule is N#CCc1cc(F)ncc1-c1ccccc1C(F)(F)F. The molecule has 0 amide bonds. The quantitative estimate of drug-likeness (QED) is 0.616. The van der Waals surface area contributed by atoms with E-state index in [2.05, 4.69) is 4.98 Å². The van der Waals surface area contributed by atoms with Gasteiger partial charge >= 0.3 is 6.18 Å². The predicted molar refractivity (Wildman–Crippen MR) is 64.0 cm³/mol. The lowest BCUT2D eigenvalue weighted by molar-refractivity contribution is -0.137. The monoisotopic (exact) mass is 280 g/mol. The van der Waals surface area contributed by atoms with Crippen LogP contribution in [0.15, 0.2) is 36.5 Å². The number of pyridine rings is 1. The minimum absolute atomic E-state index is 0.112. The Kier molecular flexibility index (Phi) is 3.70. The van der Waals surface area contributed by atoms with Crippen molar-refractivity contribution < 1.29 is 17.6 Å². The molecule has 0 saturated heterocycles. The summed E-state index contributed by atoms with van der Waals surface area (Å²) in [6, 6.07) is 7.72. The van der Waals surface area contributed by atoms with Gasteiger partial charge < -0.3 is 0 Å². The molecule has 0 spiro atoms. The van der Waals surface area contributed by atoms with Gasteiger partial charge in [0.1, 0.15) is 0 Å². The highest BCUT2D eigenvalue weighted by Crippen LogP contribution is 2.37. The van der Waals surface area contributed by atoms with Crippen molar-refractivity contribution in [2.45, 2.75) is 12.6 Å². The average molecular weight is 280 g/mol. The van der Waals surface area contributed by atoms with E-state index in [0.717, 1.165) is 18.3 Å². The molecule has 0 aliphatic heterocycles. The highest BCUT2D eigenvalue weighted by molar-refractivity contribution is 5.70. The Balaban J connectivity index is 2.67. The third-order valence-electron chi connectivity index (χ3n) is 2.75. The molecule has 0 bridgehead atoms. The molecule has 0 saturated carbocycles. The molecule has 0 aliphatic rings. The zero-order chi connectivity index (χ0) is 14.8. The lowest BCUT2D eigenvalue weighted by Crippen LogP contribution is -2.08. The van der Waals surface area contributed by atoms with Crippen molar-refractivity contribution in [1.29, 1.82) is 5.26 Å². The number of hydrogen-bond acceptors (Lipinski definition) is 2. The maximum Gasteiger partial charge on any atom is 0.417 e. The van der Waals surface area contributed by atoms with Crippen LogP contribution in [0.5, 0.6) is 0 Å². The van der Waals surface area contributed by atoms with Crippen LogP contribution in [-0.4, -0.2) is 4.98 Å². The topological polar surface area (TPSA) is 36.7 Å². The second-order valence-corrected chi connectivity index (χ2v) is 4.04. The number of benzene rings is 1. The van der Waals surface area contributed by atoms with Gasteiger partial charge in [-0.15, -0.1) is 0 Å². The maximum atomic E-state index is 13.1. The lowest BCUT2D eigenvalue weighted by Gasteiger charge is -2.14. The van der Waals surface area contributed by atoms with Gasteiger partial charge in [-0.25, -0.2) is 4.98 Å². The maximum absolute atomic E-state index is 13.1. The van der Waals surface area contributed by atoms with Crippen molar-refractivity contribution in [3.05, 3.63) is 53.6 Å². The Hall–Kier alpha value is -2.42. The number of halogens is 4. The molecule has 1 aromatic heterocycles. The smallest absolute Gasteiger partial charge is 0.228 e. The summed E-state index contributed by atoms with van der Waals surface area (Å²) in [5.41, 5.74) is -0.664. The summed E-state index contributed by atoms with van der Waals surface area (Å²) in [6.45, 7) is 0. The van der Waals surface area contributed by atoms with Crippen molar-refractivity contribution in [1.82, 2.24) is 4.98 Å². The third-order valence-corrected chi connectivity index (χ3v) is 2.75. The molecule has 0 atom stereocenters. The molecule has 20 heavy (non-hydrogen) atoms. The molecule has 102 valence electrons. The van der Waals surface area contributed by atoms with Gasteiger partial charge in [0.15, 0.2) is 0 Å². The molecule has 0 unspecified atom stereocenters. The molecular formula is C14H8F4N2. The fraction of sp³-hybridized carbons (Fsp3) is 0.143. The lowest BCUT2D eigenvalue weighted by atomic mass is 9.95.